The van der Waals surface area contributed by atoms with Crippen LogP contribution in [-0.4, -0.2) is 39.1 Å². The Hall–Kier alpha value is -2.90. The third-order valence-electron chi connectivity index (χ3n) is 1.09. The quantitative estimate of drug-likeness (QED) is 0.620. The summed E-state index contributed by atoms with van der Waals surface area (Å²) in [6.07, 6.45) is 0. The van der Waals surface area contributed by atoms with Gasteiger partial charge in [-0.15, -0.1) is 0 Å². The summed E-state index contributed by atoms with van der Waals surface area (Å²) in [6, 6.07) is 9.37. The highest BCUT2D eigenvalue weighted by Crippen LogP contribution is 2.03. The Morgan fingerprint density at radius 3 is 1.23 bits per heavy atom. The van der Waals surface area contributed by atoms with E-state index >= 15 is 0 Å². The van der Waals surface area contributed by atoms with E-state index in [1.54, 1.807) is 0 Å². The van der Waals surface area contributed by atoms with Crippen LogP contribution in [0.3, 0.4) is 0 Å². The van der Waals surface area contributed by atoms with Gasteiger partial charge in [0.25, 0.3) is 17.9 Å². The Kier molecular flexibility index (Phi) is 17.7. The molecule has 22 heavy (non-hydrogen) atoms. The van der Waals surface area contributed by atoms with Gasteiger partial charge in [-0.25, -0.2) is 0 Å². The van der Waals surface area contributed by atoms with Crippen molar-refractivity contribution < 1.29 is 34.5 Å². The summed E-state index contributed by atoms with van der Waals surface area (Å²) < 4.78 is 0. The van der Waals surface area contributed by atoms with E-state index in [0.717, 1.165) is 26.5 Å². The molecule has 8 nitrogen and oxygen atoms in total. The number of carbonyl (C=O) groups excluding carboxylic acids is 1. The van der Waals surface area contributed by atoms with Crippen molar-refractivity contribution in [1.29, 1.82) is 0 Å². The van der Waals surface area contributed by atoms with Gasteiger partial charge in [0.2, 0.25) is 5.91 Å². The van der Waals surface area contributed by atoms with Crippen molar-refractivity contribution in [3.8, 4) is 0 Å². The Morgan fingerprint density at radius 1 is 0.727 bits per heavy atom. The molecule has 0 aliphatic heterocycles. The fourth-order valence-corrected chi connectivity index (χ4v) is 0.725. The first-order chi connectivity index (χ1) is 9.98. The van der Waals surface area contributed by atoms with E-state index in [2.05, 4.69) is 5.32 Å². The Balaban J connectivity index is -0.000000253. The first-order valence-corrected chi connectivity index (χ1v) is 5.90. The molecular formula is C14H21NO7. The average molecular weight is 315 g/mol. The van der Waals surface area contributed by atoms with E-state index in [9.17, 15) is 4.79 Å². The summed E-state index contributed by atoms with van der Waals surface area (Å²) in [5.74, 6) is -2.54. The molecule has 0 atom stereocenters. The minimum atomic E-state index is -0.833. The number of hydrogen-bond acceptors (Lipinski definition) is 4. The van der Waals surface area contributed by atoms with Gasteiger partial charge in [0.05, 0.1) is 0 Å². The molecule has 1 amide bonds. The summed E-state index contributed by atoms with van der Waals surface area (Å²) in [6.45, 7) is 4.74. The molecule has 0 aliphatic carbocycles. The second kappa shape index (κ2) is 16.2. The van der Waals surface area contributed by atoms with Gasteiger partial charge in [0, 0.05) is 33.4 Å². The number of benzene rings is 1. The molecule has 0 fully saturated rings. The fraction of sp³-hybridized carbons (Fsp3) is 0.286. The predicted octanol–water partition coefficient (Wildman–Crippen LogP) is 1.92. The van der Waals surface area contributed by atoms with Gasteiger partial charge in [-0.1, -0.05) is 18.2 Å². The second-order valence-corrected chi connectivity index (χ2v) is 3.60. The molecule has 1 aromatic rings. The minimum Gasteiger partial charge on any atom is -0.481 e. The van der Waals surface area contributed by atoms with Crippen LogP contribution in [0.25, 0.3) is 0 Å². The van der Waals surface area contributed by atoms with Crippen LogP contribution in [0.15, 0.2) is 30.3 Å². The van der Waals surface area contributed by atoms with Gasteiger partial charge in [-0.05, 0) is 12.1 Å². The third-order valence-corrected chi connectivity index (χ3v) is 1.09. The van der Waals surface area contributed by atoms with Crippen molar-refractivity contribution >= 4 is 29.5 Å². The molecule has 0 saturated heterocycles. The second-order valence-electron chi connectivity index (χ2n) is 3.60. The first-order valence-electron chi connectivity index (χ1n) is 5.90. The van der Waals surface area contributed by atoms with Crippen LogP contribution in [0.4, 0.5) is 5.69 Å². The molecular weight excluding hydrogens is 294 g/mol. The molecule has 1 aromatic carbocycles. The zero-order valence-electron chi connectivity index (χ0n) is 12.9. The van der Waals surface area contributed by atoms with E-state index in [-0.39, 0.29) is 5.91 Å². The molecule has 0 spiro atoms. The maximum Gasteiger partial charge on any atom is 0.300 e. The topological polar surface area (TPSA) is 141 Å². The molecule has 0 unspecified atom stereocenters. The molecule has 0 bridgehead atoms. The number of anilines is 1. The Morgan fingerprint density at radius 2 is 1.00 bits per heavy atom. The van der Waals surface area contributed by atoms with Gasteiger partial charge in [0.1, 0.15) is 0 Å². The monoisotopic (exact) mass is 315 g/mol. The smallest absolute Gasteiger partial charge is 0.300 e. The van der Waals surface area contributed by atoms with Crippen molar-refractivity contribution in [2.75, 3.05) is 5.32 Å². The van der Waals surface area contributed by atoms with E-state index in [0.29, 0.717) is 0 Å². The fourth-order valence-electron chi connectivity index (χ4n) is 0.725. The van der Waals surface area contributed by atoms with E-state index < -0.39 is 17.9 Å². The van der Waals surface area contributed by atoms with Crippen molar-refractivity contribution in [3.05, 3.63) is 30.3 Å². The lowest BCUT2D eigenvalue weighted by molar-refractivity contribution is -0.135. The molecule has 4 N–H and O–H groups in total. The Bertz CT molecular complexity index is 417. The minimum absolute atomic E-state index is 0.0359. The van der Waals surface area contributed by atoms with Crippen LogP contribution in [0.2, 0.25) is 0 Å². The van der Waals surface area contributed by atoms with Gasteiger partial charge in [-0.3, -0.25) is 19.2 Å². The average Bonchev–Trinajstić information content (AvgIpc) is 2.26. The first kappa shape index (κ1) is 24.1. The lowest BCUT2D eigenvalue weighted by Crippen LogP contribution is -2.04. The zero-order valence-corrected chi connectivity index (χ0v) is 12.9. The molecule has 0 saturated carbocycles. The molecule has 8 heteroatoms. The number of carboxylic acid groups (broad SMARTS) is 3. The molecule has 0 heterocycles. The number of carboxylic acids is 3. The van der Waals surface area contributed by atoms with Crippen LogP contribution in [0, 0.1) is 0 Å². The number of carbonyl (C=O) groups is 4. The van der Waals surface area contributed by atoms with E-state index in [1.165, 1.54) is 6.92 Å². The summed E-state index contributed by atoms with van der Waals surface area (Å²) in [4.78, 5) is 37.5. The lowest BCUT2D eigenvalue weighted by Gasteiger charge is -1.98. The van der Waals surface area contributed by atoms with E-state index in [4.69, 9.17) is 29.7 Å². The van der Waals surface area contributed by atoms with Crippen molar-refractivity contribution in [3.63, 3.8) is 0 Å². The van der Waals surface area contributed by atoms with Crippen LogP contribution in [0.5, 0.6) is 0 Å². The van der Waals surface area contributed by atoms with Gasteiger partial charge >= 0.3 is 0 Å². The predicted molar refractivity (Wildman–Crippen MR) is 80.7 cm³/mol. The molecule has 0 aromatic heterocycles. The standard InChI is InChI=1S/C8H9NO.3C2H4O2/c1-7(10)9-8-5-3-2-4-6-8;3*1-2(3)4/h2-6H,1H3,(H,9,10);3*1H3,(H,3,4). The van der Waals surface area contributed by atoms with Crippen LogP contribution in [-0.2, 0) is 19.2 Å². The molecule has 0 radical (unpaired) electrons. The molecule has 124 valence electrons. The van der Waals surface area contributed by atoms with Gasteiger partial charge < -0.3 is 20.6 Å². The Labute approximate surface area is 128 Å². The van der Waals surface area contributed by atoms with Crippen molar-refractivity contribution in [1.82, 2.24) is 0 Å². The summed E-state index contributed by atoms with van der Waals surface area (Å²) in [5.41, 5.74) is 0.843. The zero-order chi connectivity index (χ0) is 18.1. The third kappa shape index (κ3) is 53.5. The SMILES string of the molecule is CC(=O)Nc1ccccc1.CC(=O)O.CC(=O)O.CC(=O)O. The number of rotatable bonds is 1. The number of hydrogen-bond donors (Lipinski definition) is 4. The molecule has 1 rings (SSSR count). The normalized spacial score (nSPS) is 7.45. The maximum atomic E-state index is 10.5. The molecule has 0 aliphatic rings. The maximum absolute atomic E-state index is 10.5. The highest BCUT2D eigenvalue weighted by Gasteiger charge is 1.90. The van der Waals surface area contributed by atoms with Crippen LogP contribution < -0.4 is 5.32 Å². The number of aliphatic carboxylic acids is 3. The van der Waals surface area contributed by atoms with Crippen molar-refractivity contribution in [2.45, 2.75) is 27.7 Å². The van der Waals surface area contributed by atoms with Gasteiger partial charge in [0.15, 0.2) is 0 Å². The number of para-hydroxylation sites is 1. The van der Waals surface area contributed by atoms with Crippen LogP contribution in [0.1, 0.15) is 27.7 Å². The van der Waals surface area contributed by atoms with Crippen molar-refractivity contribution in [2.24, 2.45) is 0 Å². The summed E-state index contributed by atoms with van der Waals surface area (Å²) in [7, 11) is 0. The highest BCUT2D eigenvalue weighted by atomic mass is 16.4. The summed E-state index contributed by atoms with van der Waals surface area (Å²) in [5, 5.41) is 24.9. The summed E-state index contributed by atoms with van der Waals surface area (Å²) >= 11 is 0. The largest absolute Gasteiger partial charge is 0.481 e. The van der Waals surface area contributed by atoms with E-state index in [1.807, 2.05) is 30.3 Å². The van der Waals surface area contributed by atoms with Gasteiger partial charge in [-0.2, -0.15) is 0 Å². The number of nitrogens with one attached hydrogen (secondary N) is 1. The number of amides is 1. The van der Waals surface area contributed by atoms with Crippen LogP contribution >= 0.6 is 0 Å². The highest BCUT2D eigenvalue weighted by molar-refractivity contribution is 5.88. The lowest BCUT2D eigenvalue weighted by atomic mass is 10.3.